The van der Waals surface area contributed by atoms with Crippen LogP contribution in [0.5, 0.6) is 0 Å². The van der Waals surface area contributed by atoms with Crippen LogP contribution in [0.15, 0.2) is 36.7 Å². The summed E-state index contributed by atoms with van der Waals surface area (Å²) in [5.41, 5.74) is 1.94. The van der Waals surface area contributed by atoms with Crippen LogP contribution < -0.4 is 0 Å². The van der Waals surface area contributed by atoms with Crippen LogP contribution >= 0.6 is 0 Å². The molecule has 0 spiro atoms. The lowest BCUT2D eigenvalue weighted by Gasteiger charge is -2.07. The van der Waals surface area contributed by atoms with Crippen molar-refractivity contribution in [2.45, 2.75) is 0 Å². The van der Waals surface area contributed by atoms with E-state index in [0.717, 1.165) is 11.3 Å². The molecular formula is C9H8N2O. The fourth-order valence-electron chi connectivity index (χ4n) is 1.03. The van der Waals surface area contributed by atoms with E-state index >= 15 is 0 Å². The van der Waals surface area contributed by atoms with Crippen molar-refractivity contribution in [3.8, 4) is 0 Å². The van der Waals surface area contributed by atoms with E-state index in [0.29, 0.717) is 6.61 Å². The molecule has 1 aromatic rings. The first kappa shape index (κ1) is 7.03. The molecule has 3 heteroatoms. The molecule has 0 saturated heterocycles. The summed E-state index contributed by atoms with van der Waals surface area (Å²) >= 11 is 0. The third kappa shape index (κ3) is 1.34. The zero-order valence-electron chi connectivity index (χ0n) is 6.47. The van der Waals surface area contributed by atoms with Gasteiger partial charge in [-0.05, 0) is 18.2 Å². The molecule has 0 atom stereocenters. The smallest absolute Gasteiger partial charge is 0.115 e. The summed E-state index contributed by atoms with van der Waals surface area (Å²) in [6, 6.07) is 3.78. The van der Waals surface area contributed by atoms with Gasteiger partial charge in [-0.2, -0.15) is 10.2 Å². The van der Waals surface area contributed by atoms with E-state index in [1.807, 2.05) is 24.3 Å². The molecule has 3 nitrogen and oxygen atoms in total. The summed E-state index contributed by atoms with van der Waals surface area (Å²) < 4.78 is 5.12. The van der Waals surface area contributed by atoms with Crippen LogP contribution in [0.1, 0.15) is 5.69 Å². The summed E-state index contributed by atoms with van der Waals surface area (Å²) in [5, 5.41) is 7.76. The lowest BCUT2D eigenvalue weighted by atomic mass is 10.1. The molecule has 0 amide bonds. The van der Waals surface area contributed by atoms with Gasteiger partial charge in [0.1, 0.15) is 6.61 Å². The van der Waals surface area contributed by atoms with Gasteiger partial charge in [0, 0.05) is 11.8 Å². The van der Waals surface area contributed by atoms with Crippen LogP contribution in [0, 0.1) is 0 Å². The highest BCUT2D eigenvalue weighted by atomic mass is 16.5. The van der Waals surface area contributed by atoms with E-state index in [9.17, 15) is 0 Å². The minimum absolute atomic E-state index is 0.579. The second-order valence-electron chi connectivity index (χ2n) is 2.44. The Morgan fingerprint density at radius 2 is 2.42 bits per heavy atom. The van der Waals surface area contributed by atoms with Crippen LogP contribution in [0.25, 0.3) is 5.57 Å². The molecule has 2 heterocycles. The van der Waals surface area contributed by atoms with E-state index in [4.69, 9.17) is 4.74 Å². The zero-order valence-corrected chi connectivity index (χ0v) is 6.47. The van der Waals surface area contributed by atoms with Gasteiger partial charge >= 0.3 is 0 Å². The lowest BCUT2D eigenvalue weighted by molar-refractivity contribution is 0.292. The molecule has 2 rings (SSSR count). The van der Waals surface area contributed by atoms with Crippen molar-refractivity contribution in [2.24, 2.45) is 0 Å². The van der Waals surface area contributed by atoms with Crippen molar-refractivity contribution in [1.82, 2.24) is 10.2 Å². The number of rotatable bonds is 1. The van der Waals surface area contributed by atoms with Crippen LogP contribution in [0.4, 0.5) is 0 Å². The maximum atomic E-state index is 5.12. The first-order valence-electron chi connectivity index (χ1n) is 3.72. The quantitative estimate of drug-likeness (QED) is 0.623. The monoisotopic (exact) mass is 160 g/mol. The van der Waals surface area contributed by atoms with E-state index in [-0.39, 0.29) is 0 Å². The molecule has 1 aliphatic heterocycles. The summed E-state index contributed by atoms with van der Waals surface area (Å²) in [4.78, 5) is 0. The van der Waals surface area contributed by atoms with Gasteiger partial charge in [0.05, 0.1) is 12.0 Å². The van der Waals surface area contributed by atoms with Gasteiger partial charge in [-0.15, -0.1) is 0 Å². The number of hydrogen-bond donors (Lipinski definition) is 0. The van der Waals surface area contributed by atoms with Crippen molar-refractivity contribution in [3.05, 3.63) is 42.4 Å². The molecule has 1 aromatic heterocycles. The third-order valence-electron chi connectivity index (χ3n) is 1.61. The fourth-order valence-corrected chi connectivity index (χ4v) is 1.03. The van der Waals surface area contributed by atoms with Gasteiger partial charge in [0.25, 0.3) is 0 Å². The number of nitrogens with zero attached hydrogens (tertiary/aromatic N) is 2. The second-order valence-corrected chi connectivity index (χ2v) is 2.44. The Labute approximate surface area is 70.4 Å². The molecule has 0 aromatic carbocycles. The normalized spacial score (nSPS) is 15.2. The maximum absolute atomic E-state index is 5.12. The van der Waals surface area contributed by atoms with Crippen LogP contribution in [0.2, 0.25) is 0 Å². The highest BCUT2D eigenvalue weighted by Crippen LogP contribution is 2.13. The number of hydrogen-bond acceptors (Lipinski definition) is 3. The topological polar surface area (TPSA) is 35.0 Å². The Balaban J connectivity index is 2.31. The Hall–Kier alpha value is -1.64. The molecule has 0 unspecified atom stereocenters. The average molecular weight is 160 g/mol. The summed E-state index contributed by atoms with van der Waals surface area (Å²) in [5.74, 6) is 0. The summed E-state index contributed by atoms with van der Waals surface area (Å²) in [6.07, 6.45) is 7.16. The molecule has 60 valence electrons. The zero-order chi connectivity index (χ0) is 8.23. The molecule has 0 fully saturated rings. The predicted octanol–water partition coefficient (Wildman–Crippen LogP) is 1.40. The molecule has 0 N–H and O–H groups in total. The van der Waals surface area contributed by atoms with Gasteiger partial charge < -0.3 is 4.74 Å². The Morgan fingerprint density at radius 3 is 3.08 bits per heavy atom. The van der Waals surface area contributed by atoms with E-state index in [2.05, 4.69) is 10.2 Å². The van der Waals surface area contributed by atoms with Crippen molar-refractivity contribution in [2.75, 3.05) is 6.61 Å². The van der Waals surface area contributed by atoms with Gasteiger partial charge in [-0.3, -0.25) is 0 Å². The van der Waals surface area contributed by atoms with Gasteiger partial charge in [0.2, 0.25) is 0 Å². The Morgan fingerprint density at radius 1 is 1.42 bits per heavy atom. The van der Waals surface area contributed by atoms with Crippen molar-refractivity contribution in [3.63, 3.8) is 0 Å². The first-order chi connectivity index (χ1) is 5.97. The van der Waals surface area contributed by atoms with E-state index in [1.54, 1.807) is 12.5 Å². The number of allylic oxidation sites excluding steroid dienone is 2. The molecule has 1 aliphatic rings. The van der Waals surface area contributed by atoms with E-state index < -0.39 is 0 Å². The molecule has 12 heavy (non-hydrogen) atoms. The largest absolute Gasteiger partial charge is 0.496 e. The highest BCUT2D eigenvalue weighted by molar-refractivity contribution is 5.65. The highest BCUT2D eigenvalue weighted by Gasteiger charge is 2.03. The maximum Gasteiger partial charge on any atom is 0.115 e. The molecular weight excluding hydrogens is 152 g/mol. The average Bonchev–Trinajstić information content (AvgIpc) is 2.21. The lowest BCUT2D eigenvalue weighted by Crippen LogP contribution is -1.99. The second kappa shape index (κ2) is 3.17. The predicted molar refractivity (Wildman–Crippen MR) is 45.1 cm³/mol. The molecule has 0 aliphatic carbocycles. The van der Waals surface area contributed by atoms with Gasteiger partial charge in [0.15, 0.2) is 0 Å². The first-order valence-corrected chi connectivity index (χ1v) is 3.72. The molecule has 0 radical (unpaired) electrons. The van der Waals surface area contributed by atoms with Crippen LogP contribution in [-0.2, 0) is 4.74 Å². The van der Waals surface area contributed by atoms with Crippen LogP contribution in [0.3, 0.4) is 0 Å². The van der Waals surface area contributed by atoms with Gasteiger partial charge in [-0.25, -0.2) is 0 Å². The molecule has 0 bridgehead atoms. The van der Waals surface area contributed by atoms with Crippen molar-refractivity contribution >= 4 is 5.57 Å². The molecule has 0 saturated carbocycles. The standard InChI is InChI=1S/C9H8N2O/c1-4-9(11-10-5-1)8-3-2-6-12-7-8/h1-6H,7H2. The number of aromatic nitrogens is 2. The van der Waals surface area contributed by atoms with Crippen LogP contribution in [-0.4, -0.2) is 16.8 Å². The van der Waals surface area contributed by atoms with E-state index in [1.165, 1.54) is 0 Å². The van der Waals surface area contributed by atoms with Crippen molar-refractivity contribution in [1.29, 1.82) is 0 Å². The minimum Gasteiger partial charge on any atom is -0.496 e. The SMILES string of the molecule is C1=COCC(c2cccnn2)=C1. The Bertz CT molecular complexity index is 317. The fraction of sp³-hybridized carbons (Fsp3) is 0.111. The summed E-state index contributed by atoms with van der Waals surface area (Å²) in [6.45, 7) is 0.579. The summed E-state index contributed by atoms with van der Waals surface area (Å²) in [7, 11) is 0. The van der Waals surface area contributed by atoms with Gasteiger partial charge in [-0.1, -0.05) is 6.08 Å². The number of ether oxygens (including phenoxy) is 1. The third-order valence-corrected chi connectivity index (χ3v) is 1.61. The van der Waals surface area contributed by atoms with Crippen molar-refractivity contribution < 1.29 is 4.74 Å². The minimum atomic E-state index is 0.579. The Kier molecular flexibility index (Phi) is 1.86.